The van der Waals surface area contributed by atoms with Crippen LogP contribution in [0.1, 0.15) is 5.82 Å². The van der Waals surface area contributed by atoms with Crippen LogP contribution in [0.15, 0.2) is 36.4 Å². The predicted octanol–water partition coefficient (Wildman–Crippen LogP) is 2.22. The first-order valence-electron chi connectivity index (χ1n) is 5.45. The zero-order valence-electron chi connectivity index (χ0n) is 8.90. The lowest BCUT2D eigenvalue weighted by molar-refractivity contribution is 0.900. The van der Waals surface area contributed by atoms with E-state index in [1.807, 2.05) is 12.1 Å². The van der Waals surface area contributed by atoms with Crippen molar-refractivity contribution in [2.75, 3.05) is 6.54 Å². The molecule has 3 aromatic rings. The molecule has 80 valence electrons. The summed E-state index contributed by atoms with van der Waals surface area (Å²) in [5.74, 6) is 0.967. The number of nitrogens with zero attached hydrogens (tertiary/aromatic N) is 1. The van der Waals surface area contributed by atoms with E-state index in [9.17, 15) is 0 Å². The highest BCUT2D eigenvalue weighted by atomic mass is 14.9. The van der Waals surface area contributed by atoms with E-state index >= 15 is 0 Å². The highest BCUT2D eigenvalue weighted by Crippen LogP contribution is 2.23. The first-order valence-corrected chi connectivity index (χ1v) is 5.45. The van der Waals surface area contributed by atoms with E-state index in [0.717, 1.165) is 23.3 Å². The van der Waals surface area contributed by atoms with Crippen LogP contribution in [0.4, 0.5) is 0 Å². The first-order chi connectivity index (χ1) is 7.88. The number of aromatic amines is 1. The molecule has 0 aliphatic rings. The molecule has 0 radical (unpaired) electrons. The quantitative estimate of drug-likeness (QED) is 0.682. The third-order valence-electron chi connectivity index (χ3n) is 2.81. The summed E-state index contributed by atoms with van der Waals surface area (Å²) < 4.78 is 0. The van der Waals surface area contributed by atoms with Crippen LogP contribution in [0.3, 0.4) is 0 Å². The number of hydrogen-bond acceptors (Lipinski definition) is 2. The molecule has 3 N–H and O–H groups in total. The van der Waals surface area contributed by atoms with Gasteiger partial charge in [-0.25, -0.2) is 4.98 Å². The maximum absolute atomic E-state index is 5.54. The Morgan fingerprint density at radius 2 is 2.00 bits per heavy atom. The van der Waals surface area contributed by atoms with Gasteiger partial charge in [0.25, 0.3) is 0 Å². The summed E-state index contributed by atoms with van der Waals surface area (Å²) in [7, 11) is 0. The molecule has 1 heterocycles. The predicted molar refractivity (Wildman–Crippen MR) is 66.4 cm³/mol. The van der Waals surface area contributed by atoms with Crippen molar-refractivity contribution in [2.24, 2.45) is 5.73 Å². The van der Waals surface area contributed by atoms with Crippen LogP contribution in [0, 0.1) is 0 Å². The molecule has 16 heavy (non-hydrogen) atoms. The van der Waals surface area contributed by atoms with Gasteiger partial charge in [0.2, 0.25) is 0 Å². The summed E-state index contributed by atoms with van der Waals surface area (Å²) in [4.78, 5) is 7.89. The maximum Gasteiger partial charge on any atom is 0.108 e. The van der Waals surface area contributed by atoms with Crippen LogP contribution in [0.25, 0.3) is 21.8 Å². The van der Waals surface area contributed by atoms with Crippen LogP contribution in [-0.4, -0.2) is 16.5 Å². The van der Waals surface area contributed by atoms with Crippen molar-refractivity contribution in [3.8, 4) is 0 Å². The molecule has 0 fully saturated rings. The Kier molecular flexibility index (Phi) is 2.11. The van der Waals surface area contributed by atoms with Crippen LogP contribution < -0.4 is 5.73 Å². The molecule has 3 heteroatoms. The summed E-state index contributed by atoms with van der Waals surface area (Å²) in [5.41, 5.74) is 7.66. The van der Waals surface area contributed by atoms with Crippen molar-refractivity contribution >= 4 is 21.8 Å². The number of nitrogens with one attached hydrogen (secondary N) is 1. The van der Waals surface area contributed by atoms with Gasteiger partial charge in [0, 0.05) is 11.8 Å². The van der Waals surface area contributed by atoms with Gasteiger partial charge in [-0.1, -0.05) is 30.3 Å². The second kappa shape index (κ2) is 3.61. The van der Waals surface area contributed by atoms with Gasteiger partial charge in [0.05, 0.1) is 11.0 Å². The van der Waals surface area contributed by atoms with Crippen molar-refractivity contribution < 1.29 is 0 Å². The van der Waals surface area contributed by atoms with Gasteiger partial charge < -0.3 is 10.7 Å². The van der Waals surface area contributed by atoms with E-state index in [0.29, 0.717) is 6.54 Å². The third-order valence-corrected chi connectivity index (χ3v) is 2.81. The molecular formula is C13H13N3. The number of H-pyrrole nitrogens is 1. The first kappa shape index (κ1) is 9.36. The molecule has 2 aromatic carbocycles. The number of aromatic nitrogens is 2. The van der Waals surface area contributed by atoms with Gasteiger partial charge in [-0.3, -0.25) is 0 Å². The van der Waals surface area contributed by atoms with E-state index < -0.39 is 0 Å². The molecule has 0 aliphatic heterocycles. The molecule has 0 bridgehead atoms. The Labute approximate surface area is 93.3 Å². The van der Waals surface area contributed by atoms with Gasteiger partial charge in [-0.2, -0.15) is 0 Å². The summed E-state index contributed by atoms with van der Waals surface area (Å²) in [5, 5.41) is 2.42. The van der Waals surface area contributed by atoms with Crippen LogP contribution in [0.5, 0.6) is 0 Å². The van der Waals surface area contributed by atoms with Crippen LogP contribution >= 0.6 is 0 Å². The average Bonchev–Trinajstić information content (AvgIpc) is 2.72. The molecule has 1 aromatic heterocycles. The average molecular weight is 211 g/mol. The largest absolute Gasteiger partial charge is 0.342 e. The Balaban J connectivity index is 2.32. The van der Waals surface area contributed by atoms with Gasteiger partial charge in [0.15, 0.2) is 0 Å². The summed E-state index contributed by atoms with van der Waals surface area (Å²) in [6, 6.07) is 12.5. The number of fused-ring (bicyclic) bond motifs is 3. The molecule has 0 amide bonds. The second-order valence-electron chi connectivity index (χ2n) is 3.91. The lowest BCUT2D eigenvalue weighted by Gasteiger charge is -1.96. The minimum Gasteiger partial charge on any atom is -0.342 e. The molecule has 0 saturated carbocycles. The fourth-order valence-corrected chi connectivity index (χ4v) is 2.05. The topological polar surface area (TPSA) is 54.7 Å². The zero-order valence-corrected chi connectivity index (χ0v) is 8.90. The van der Waals surface area contributed by atoms with Crippen LogP contribution in [-0.2, 0) is 6.42 Å². The normalized spacial score (nSPS) is 11.3. The highest BCUT2D eigenvalue weighted by molar-refractivity contribution is 6.04. The summed E-state index contributed by atoms with van der Waals surface area (Å²) in [6.07, 6.45) is 0.795. The molecule has 0 saturated heterocycles. The Morgan fingerprint density at radius 3 is 2.88 bits per heavy atom. The highest BCUT2D eigenvalue weighted by Gasteiger charge is 2.05. The Hall–Kier alpha value is -1.87. The van der Waals surface area contributed by atoms with Crippen molar-refractivity contribution in [3.05, 3.63) is 42.2 Å². The number of nitrogens with two attached hydrogens (primary N) is 1. The Bertz CT molecular complexity index is 640. The van der Waals surface area contributed by atoms with Crippen molar-refractivity contribution in [1.82, 2.24) is 9.97 Å². The van der Waals surface area contributed by atoms with E-state index in [1.54, 1.807) is 0 Å². The Morgan fingerprint density at radius 1 is 1.12 bits per heavy atom. The number of imidazole rings is 1. The van der Waals surface area contributed by atoms with E-state index in [4.69, 9.17) is 5.73 Å². The summed E-state index contributed by atoms with van der Waals surface area (Å²) in [6.45, 7) is 0.623. The number of rotatable bonds is 2. The summed E-state index contributed by atoms with van der Waals surface area (Å²) >= 11 is 0. The van der Waals surface area contributed by atoms with Crippen molar-refractivity contribution in [3.63, 3.8) is 0 Å². The minimum absolute atomic E-state index is 0.623. The fraction of sp³-hybridized carbons (Fsp3) is 0.154. The molecule has 0 atom stereocenters. The third kappa shape index (κ3) is 1.37. The van der Waals surface area contributed by atoms with Crippen molar-refractivity contribution in [2.45, 2.75) is 6.42 Å². The van der Waals surface area contributed by atoms with E-state index in [-0.39, 0.29) is 0 Å². The molecule has 0 spiro atoms. The fourth-order valence-electron chi connectivity index (χ4n) is 2.05. The van der Waals surface area contributed by atoms with Gasteiger partial charge in [0.1, 0.15) is 5.82 Å². The molecule has 0 unspecified atom stereocenters. The molecule has 0 aliphatic carbocycles. The maximum atomic E-state index is 5.54. The number of hydrogen-bond donors (Lipinski definition) is 2. The second-order valence-corrected chi connectivity index (χ2v) is 3.91. The van der Waals surface area contributed by atoms with E-state index in [2.05, 4.69) is 34.2 Å². The standard InChI is InChI=1S/C13H13N3/c14-8-7-12-15-11-6-5-9-3-1-2-4-10(9)13(11)16-12/h1-6H,7-8,14H2,(H,15,16). The SMILES string of the molecule is NCCc1nc2c(ccc3ccccc32)[nH]1. The smallest absolute Gasteiger partial charge is 0.108 e. The number of benzene rings is 2. The van der Waals surface area contributed by atoms with Crippen molar-refractivity contribution in [1.29, 1.82) is 0 Å². The lowest BCUT2D eigenvalue weighted by atomic mass is 10.1. The molecule has 3 rings (SSSR count). The lowest BCUT2D eigenvalue weighted by Crippen LogP contribution is -2.03. The van der Waals surface area contributed by atoms with Gasteiger partial charge in [-0.15, -0.1) is 0 Å². The monoisotopic (exact) mass is 211 g/mol. The van der Waals surface area contributed by atoms with E-state index in [1.165, 1.54) is 10.8 Å². The molecule has 3 nitrogen and oxygen atoms in total. The minimum atomic E-state index is 0.623. The van der Waals surface area contributed by atoms with Crippen LogP contribution in [0.2, 0.25) is 0 Å². The van der Waals surface area contributed by atoms with Gasteiger partial charge >= 0.3 is 0 Å². The van der Waals surface area contributed by atoms with Gasteiger partial charge in [-0.05, 0) is 18.0 Å². The molecular weight excluding hydrogens is 198 g/mol. The zero-order chi connectivity index (χ0) is 11.0.